The highest BCUT2D eigenvalue weighted by Crippen LogP contribution is 2.45. The van der Waals surface area contributed by atoms with Crippen LogP contribution in [0.4, 0.5) is 15.5 Å². The van der Waals surface area contributed by atoms with Gasteiger partial charge in [-0.15, -0.1) is 0 Å². The summed E-state index contributed by atoms with van der Waals surface area (Å²) in [6.07, 6.45) is 0.425. The second kappa shape index (κ2) is 11.9. The molecule has 194 valence electrons. The summed E-state index contributed by atoms with van der Waals surface area (Å²) in [4.78, 5) is 34.4. The number of carbonyl (C=O) groups excluding carboxylic acids is 2. The van der Waals surface area contributed by atoms with Gasteiger partial charge in [-0.2, -0.15) is 0 Å². The van der Waals surface area contributed by atoms with Crippen LogP contribution in [-0.2, 0) is 9.47 Å². The van der Waals surface area contributed by atoms with Gasteiger partial charge < -0.3 is 19.7 Å². The second-order valence-electron chi connectivity index (χ2n) is 8.19. The van der Waals surface area contributed by atoms with Gasteiger partial charge in [0, 0.05) is 37.1 Å². The number of fused-ring (bicyclic) bond motifs is 3. The molecule has 0 saturated carbocycles. The Morgan fingerprint density at radius 2 is 1.59 bits per heavy atom. The molecule has 37 heavy (non-hydrogen) atoms. The van der Waals surface area contributed by atoms with Crippen molar-refractivity contribution in [3.05, 3.63) is 78.1 Å². The number of hydrogen-bond donors (Lipinski definition) is 2. The van der Waals surface area contributed by atoms with Crippen LogP contribution < -0.4 is 10.6 Å². The third kappa shape index (κ3) is 6.74. The molecule has 2 N–H and O–H groups in total. The number of nitrogens with one attached hydrogen (secondary N) is 2. The lowest BCUT2D eigenvalue weighted by Gasteiger charge is -2.26. The van der Waals surface area contributed by atoms with Gasteiger partial charge in [0.25, 0.3) is 0 Å². The largest absolute Gasteiger partial charge is 0.449 e. The smallest absolute Gasteiger partial charge is 0.410 e. The van der Waals surface area contributed by atoms with Crippen molar-refractivity contribution in [1.29, 1.82) is 0 Å². The first-order valence-electron chi connectivity index (χ1n) is 11.4. The van der Waals surface area contributed by atoms with E-state index >= 15 is 0 Å². The van der Waals surface area contributed by atoms with Crippen LogP contribution in [-0.4, -0.2) is 57.2 Å². The van der Waals surface area contributed by atoms with E-state index in [2.05, 4.69) is 20.6 Å². The minimum Gasteiger partial charge on any atom is -0.449 e. The SMILES string of the molecule is CN(CCCOC(=O)NC(Nc1ncccn1)C(Cl)(Cl)Cl)C(=O)OC1c2ccccc2-c2ccccc21. The number of alkyl halides is 3. The number of amides is 2. The van der Waals surface area contributed by atoms with Crippen LogP contribution in [0.1, 0.15) is 23.7 Å². The molecule has 1 heterocycles. The van der Waals surface area contributed by atoms with Crippen LogP contribution in [0.5, 0.6) is 0 Å². The van der Waals surface area contributed by atoms with Crippen LogP contribution in [0.3, 0.4) is 0 Å². The van der Waals surface area contributed by atoms with Crippen LogP contribution >= 0.6 is 34.8 Å². The summed E-state index contributed by atoms with van der Waals surface area (Å²) in [7, 11) is 1.62. The van der Waals surface area contributed by atoms with Crippen LogP contribution in [0.2, 0.25) is 0 Å². The molecule has 0 saturated heterocycles. The molecule has 1 unspecified atom stereocenters. The summed E-state index contributed by atoms with van der Waals surface area (Å²) in [6.45, 7) is 0.319. The van der Waals surface area contributed by atoms with E-state index in [1.165, 1.54) is 17.3 Å². The van der Waals surface area contributed by atoms with E-state index in [1.54, 1.807) is 13.1 Å². The molecule has 1 aromatic heterocycles. The predicted molar refractivity (Wildman–Crippen MR) is 142 cm³/mol. The van der Waals surface area contributed by atoms with Gasteiger partial charge >= 0.3 is 12.2 Å². The third-order valence-corrected chi connectivity index (χ3v) is 6.26. The Bertz CT molecular complexity index is 1200. The number of alkyl carbamates (subject to hydrolysis) is 1. The monoisotopic (exact) mass is 563 g/mol. The van der Waals surface area contributed by atoms with Crippen molar-refractivity contribution < 1.29 is 19.1 Å². The van der Waals surface area contributed by atoms with Crippen molar-refractivity contribution in [3.63, 3.8) is 0 Å². The minimum atomic E-state index is -1.90. The van der Waals surface area contributed by atoms with Crippen LogP contribution in [0.15, 0.2) is 67.0 Å². The maximum atomic E-state index is 12.8. The summed E-state index contributed by atoms with van der Waals surface area (Å²) < 4.78 is 9.13. The van der Waals surface area contributed by atoms with E-state index in [0.717, 1.165) is 22.3 Å². The Morgan fingerprint density at radius 3 is 2.19 bits per heavy atom. The molecule has 0 radical (unpaired) electrons. The summed E-state index contributed by atoms with van der Waals surface area (Å²) in [5.41, 5.74) is 4.01. The molecule has 2 amide bonds. The Morgan fingerprint density at radius 1 is 1.00 bits per heavy atom. The summed E-state index contributed by atoms with van der Waals surface area (Å²) >= 11 is 17.8. The first kappa shape index (κ1) is 26.8. The van der Waals surface area contributed by atoms with Crippen molar-refractivity contribution in [2.24, 2.45) is 0 Å². The molecule has 0 spiro atoms. The van der Waals surface area contributed by atoms with Crippen molar-refractivity contribution in [3.8, 4) is 11.1 Å². The number of nitrogens with zero attached hydrogens (tertiary/aromatic N) is 3. The third-order valence-electron chi connectivity index (χ3n) is 5.61. The Hall–Kier alpha value is -3.27. The van der Waals surface area contributed by atoms with Gasteiger partial charge in [-0.3, -0.25) is 5.32 Å². The number of anilines is 1. The minimum absolute atomic E-state index is 0.0208. The summed E-state index contributed by atoms with van der Waals surface area (Å²) in [5, 5.41) is 5.15. The molecule has 0 bridgehead atoms. The topological polar surface area (TPSA) is 106 Å². The zero-order chi connectivity index (χ0) is 26.4. The van der Waals surface area contributed by atoms with E-state index in [1.807, 2.05) is 48.5 Å². The molecule has 2 aromatic carbocycles. The second-order valence-corrected chi connectivity index (χ2v) is 10.6. The maximum Gasteiger partial charge on any atom is 0.410 e. The van der Waals surface area contributed by atoms with Gasteiger partial charge in [0.05, 0.1) is 6.61 Å². The number of hydrogen-bond acceptors (Lipinski definition) is 7. The number of benzene rings is 2. The van der Waals surface area contributed by atoms with E-state index in [-0.39, 0.29) is 12.6 Å². The normalized spacial score (nSPS) is 13.2. The molecule has 3 aromatic rings. The molecule has 0 fully saturated rings. The number of aromatic nitrogens is 2. The zero-order valence-corrected chi connectivity index (χ0v) is 22.0. The molecule has 9 nitrogen and oxygen atoms in total. The van der Waals surface area contributed by atoms with Gasteiger partial charge in [0.15, 0.2) is 12.3 Å². The van der Waals surface area contributed by atoms with Crippen molar-refractivity contribution >= 4 is 52.9 Å². The molecule has 4 rings (SSSR count). The zero-order valence-electron chi connectivity index (χ0n) is 19.7. The van der Waals surface area contributed by atoms with Crippen molar-refractivity contribution in [2.45, 2.75) is 22.5 Å². The van der Waals surface area contributed by atoms with Gasteiger partial charge in [0.1, 0.15) is 0 Å². The Balaban J connectivity index is 1.24. The highest BCUT2D eigenvalue weighted by molar-refractivity contribution is 6.68. The molecular weight excluding hydrogens is 541 g/mol. The Labute approximate surface area is 229 Å². The lowest BCUT2D eigenvalue weighted by atomic mass is 10.1. The number of rotatable bonds is 8. The molecular formula is C25H24Cl3N5O4. The van der Waals surface area contributed by atoms with Gasteiger partial charge in [-0.05, 0) is 23.6 Å². The molecule has 0 aliphatic heterocycles. The molecule has 1 aliphatic carbocycles. The molecule has 12 heteroatoms. The predicted octanol–water partition coefficient (Wildman–Crippen LogP) is 5.54. The quantitative estimate of drug-likeness (QED) is 0.210. The van der Waals surface area contributed by atoms with Gasteiger partial charge in [-0.1, -0.05) is 83.3 Å². The first-order valence-corrected chi connectivity index (χ1v) is 12.5. The van der Waals surface area contributed by atoms with Crippen LogP contribution in [0.25, 0.3) is 11.1 Å². The van der Waals surface area contributed by atoms with Crippen molar-refractivity contribution in [2.75, 3.05) is 25.5 Å². The Kier molecular flexibility index (Phi) is 8.58. The molecule has 1 atom stereocenters. The van der Waals surface area contributed by atoms with Gasteiger partial charge in [0.2, 0.25) is 9.74 Å². The maximum absolute atomic E-state index is 12.8. The fraction of sp³-hybridized carbons (Fsp3) is 0.280. The first-order chi connectivity index (χ1) is 17.7. The van der Waals surface area contributed by atoms with E-state index in [9.17, 15) is 9.59 Å². The lowest BCUT2D eigenvalue weighted by molar-refractivity contribution is 0.0832. The van der Waals surface area contributed by atoms with Crippen LogP contribution in [0, 0.1) is 0 Å². The summed E-state index contributed by atoms with van der Waals surface area (Å²) in [6, 6.07) is 17.3. The highest BCUT2D eigenvalue weighted by atomic mass is 35.6. The highest BCUT2D eigenvalue weighted by Gasteiger charge is 2.35. The van der Waals surface area contributed by atoms with E-state index in [4.69, 9.17) is 44.3 Å². The number of ether oxygens (including phenoxy) is 2. The van der Waals surface area contributed by atoms with Crippen molar-refractivity contribution in [1.82, 2.24) is 20.2 Å². The van der Waals surface area contributed by atoms with E-state index in [0.29, 0.717) is 13.0 Å². The van der Waals surface area contributed by atoms with E-state index < -0.39 is 28.2 Å². The standard InChI is InChI=1S/C25H24Cl3N5O4/c1-33(24(35)37-20-18-10-4-2-8-16(18)17-9-3-5-11-19(17)20)14-7-15-36-23(34)32-21(25(26,27)28)31-22-29-12-6-13-30-22/h2-6,8-13,20-21H,7,14-15H2,1H3,(H,32,34)(H,29,30,31). The fourth-order valence-electron chi connectivity index (χ4n) is 3.85. The average Bonchev–Trinajstić information content (AvgIpc) is 3.20. The fourth-order valence-corrected chi connectivity index (χ4v) is 4.17. The number of carbonyl (C=O) groups is 2. The summed E-state index contributed by atoms with van der Waals surface area (Å²) in [5.74, 6) is 0.159. The van der Waals surface area contributed by atoms with Gasteiger partial charge in [-0.25, -0.2) is 19.6 Å². The molecule has 1 aliphatic rings. The average molecular weight is 565 g/mol. The number of halogens is 3. The lowest BCUT2D eigenvalue weighted by Crippen LogP contribution is -2.49.